The summed E-state index contributed by atoms with van der Waals surface area (Å²) in [6.45, 7) is 9.82. The normalized spacial score (nSPS) is 14.7. The first-order valence-electron chi connectivity index (χ1n) is 16.6. The van der Waals surface area contributed by atoms with Crippen molar-refractivity contribution in [3.05, 3.63) is 36.5 Å². The first kappa shape index (κ1) is 39.6. The molecule has 0 radical (unpaired) electrons. The predicted molar refractivity (Wildman–Crippen MR) is 176 cm³/mol. The number of unbranched alkanes of at least 4 members (excludes halogenated alkanes) is 5. The van der Waals surface area contributed by atoms with Crippen molar-refractivity contribution < 1.29 is 33.4 Å². The van der Waals surface area contributed by atoms with Crippen molar-refractivity contribution in [2.75, 3.05) is 39.3 Å². The van der Waals surface area contributed by atoms with Crippen molar-refractivity contribution in [1.82, 2.24) is 15.1 Å². The fourth-order valence-electron chi connectivity index (χ4n) is 4.90. The smallest absolute Gasteiger partial charge is 0.303 e. The number of hydrogen-bond acceptors (Lipinski definition) is 7. The van der Waals surface area contributed by atoms with Crippen molar-refractivity contribution in [3.8, 4) is 0 Å². The zero-order valence-corrected chi connectivity index (χ0v) is 28.3. The predicted octanol–water partition coefficient (Wildman–Crippen LogP) is 5.27. The number of hydrogen-bond donors (Lipinski definition) is 1. The highest BCUT2D eigenvalue weighted by molar-refractivity contribution is 5.85. The minimum absolute atomic E-state index is 0.0725. The summed E-state index contributed by atoms with van der Waals surface area (Å²) in [6, 6.07) is 0. The summed E-state index contributed by atoms with van der Waals surface area (Å²) in [6.07, 6.45) is 22.3. The number of carbonyl (C=O) groups excluding carboxylic acids is 5. The van der Waals surface area contributed by atoms with Crippen molar-refractivity contribution in [1.29, 1.82) is 0 Å². The molecular formula is C35H57N3O7. The number of nitrogens with zero attached hydrogens (tertiary/aromatic N) is 2. The molecule has 1 aliphatic rings. The summed E-state index contributed by atoms with van der Waals surface area (Å²) in [5, 5.41) is 2.66. The fourth-order valence-corrected chi connectivity index (χ4v) is 4.90. The maximum Gasteiger partial charge on any atom is 0.303 e. The van der Waals surface area contributed by atoms with Crippen LogP contribution in [0.3, 0.4) is 0 Å². The molecule has 45 heavy (non-hydrogen) atoms. The number of esters is 2. The highest BCUT2D eigenvalue weighted by Gasteiger charge is 2.39. The molecule has 1 N–H and O–H groups in total. The second-order valence-corrected chi connectivity index (χ2v) is 12.2. The summed E-state index contributed by atoms with van der Waals surface area (Å²) in [5.74, 6) is -1.67. The van der Waals surface area contributed by atoms with Crippen LogP contribution in [0.4, 0.5) is 0 Å². The number of carbonyl (C=O) groups is 5. The van der Waals surface area contributed by atoms with Crippen LogP contribution in [0.15, 0.2) is 36.5 Å². The lowest BCUT2D eigenvalue weighted by Crippen LogP contribution is -2.51. The van der Waals surface area contributed by atoms with E-state index in [1.54, 1.807) is 18.7 Å². The molecule has 10 heteroatoms. The van der Waals surface area contributed by atoms with Crippen LogP contribution in [0.1, 0.15) is 105 Å². The number of allylic oxidation sites excluding steroid dienone is 6. The van der Waals surface area contributed by atoms with E-state index in [1.165, 1.54) is 26.7 Å². The van der Waals surface area contributed by atoms with E-state index in [-0.39, 0.29) is 31.4 Å². The first-order valence-corrected chi connectivity index (χ1v) is 16.6. The van der Waals surface area contributed by atoms with Gasteiger partial charge in [-0.25, -0.2) is 0 Å². The average Bonchev–Trinajstić information content (AvgIpc) is 3.00. The molecular weight excluding hydrogens is 574 g/mol. The summed E-state index contributed by atoms with van der Waals surface area (Å²) >= 11 is 0. The zero-order valence-electron chi connectivity index (χ0n) is 28.3. The standard InChI is InChI=1S/C35H57N3O7/c1-6-7-8-9-10-11-12-13-14-15-16-17-18-19-20-21-31(41)37-24-26-38(27-25-37)32(42)22-23-36-34(43)33(45-30(3)40)35(4,5)28-44-29(2)39/h7-8,10-11,13-14,33H,6,9,12,15-28H2,1-5H3,(H,36,43). The van der Waals surface area contributed by atoms with Gasteiger partial charge in [-0.05, 0) is 38.5 Å². The molecule has 10 nitrogen and oxygen atoms in total. The maximum absolute atomic E-state index is 12.8. The van der Waals surface area contributed by atoms with Crippen LogP contribution in [-0.2, 0) is 33.4 Å². The Bertz CT molecular complexity index is 1010. The van der Waals surface area contributed by atoms with Gasteiger partial charge in [0.2, 0.25) is 11.8 Å². The van der Waals surface area contributed by atoms with Crippen LogP contribution in [0.5, 0.6) is 0 Å². The molecule has 254 valence electrons. The van der Waals surface area contributed by atoms with Gasteiger partial charge in [-0.2, -0.15) is 0 Å². The molecule has 3 amide bonds. The van der Waals surface area contributed by atoms with Gasteiger partial charge in [-0.3, -0.25) is 24.0 Å². The Hall–Kier alpha value is -3.43. The minimum Gasteiger partial charge on any atom is -0.465 e. The Morgan fingerprint density at radius 1 is 0.733 bits per heavy atom. The summed E-state index contributed by atoms with van der Waals surface area (Å²) in [5.41, 5.74) is -0.963. The van der Waals surface area contributed by atoms with E-state index < -0.39 is 29.4 Å². The largest absolute Gasteiger partial charge is 0.465 e. The second-order valence-electron chi connectivity index (χ2n) is 12.2. The van der Waals surface area contributed by atoms with Gasteiger partial charge < -0.3 is 24.6 Å². The topological polar surface area (TPSA) is 122 Å². The number of rotatable bonds is 21. The molecule has 1 atom stereocenters. The lowest BCUT2D eigenvalue weighted by atomic mass is 9.86. The van der Waals surface area contributed by atoms with Crippen molar-refractivity contribution in [3.63, 3.8) is 0 Å². The Morgan fingerprint density at radius 2 is 1.27 bits per heavy atom. The quantitative estimate of drug-likeness (QED) is 0.104. The van der Waals surface area contributed by atoms with E-state index in [4.69, 9.17) is 9.47 Å². The summed E-state index contributed by atoms with van der Waals surface area (Å²) in [7, 11) is 0. The van der Waals surface area contributed by atoms with Crippen LogP contribution in [-0.4, -0.2) is 84.9 Å². The van der Waals surface area contributed by atoms with E-state index >= 15 is 0 Å². The number of ether oxygens (including phenoxy) is 2. The van der Waals surface area contributed by atoms with E-state index in [9.17, 15) is 24.0 Å². The molecule has 1 fully saturated rings. The molecule has 1 aliphatic heterocycles. The molecule has 0 spiro atoms. The molecule has 1 unspecified atom stereocenters. The Morgan fingerprint density at radius 3 is 1.84 bits per heavy atom. The minimum atomic E-state index is -1.18. The van der Waals surface area contributed by atoms with Gasteiger partial charge in [0.05, 0.1) is 0 Å². The Labute approximate surface area is 270 Å². The molecule has 0 aromatic heterocycles. The third kappa shape index (κ3) is 18.2. The highest BCUT2D eigenvalue weighted by Crippen LogP contribution is 2.25. The van der Waals surface area contributed by atoms with Gasteiger partial charge >= 0.3 is 11.9 Å². The molecule has 1 heterocycles. The van der Waals surface area contributed by atoms with Crippen LogP contribution in [0.25, 0.3) is 0 Å². The Kier molecular flexibility index (Phi) is 20.2. The monoisotopic (exact) mass is 631 g/mol. The molecule has 0 saturated carbocycles. The molecule has 0 bridgehead atoms. The zero-order chi connectivity index (χ0) is 33.5. The van der Waals surface area contributed by atoms with Crippen LogP contribution in [0, 0.1) is 5.41 Å². The SMILES string of the molecule is CCC=CCC=CCC=CCCCCCCCC(=O)N1CCN(C(=O)CCNC(=O)C(OC(C)=O)C(C)(C)COC(C)=O)CC1. The third-order valence-electron chi connectivity index (χ3n) is 7.54. The summed E-state index contributed by atoms with van der Waals surface area (Å²) < 4.78 is 10.2. The average molecular weight is 632 g/mol. The summed E-state index contributed by atoms with van der Waals surface area (Å²) in [4.78, 5) is 64.5. The molecule has 0 aliphatic carbocycles. The molecule has 0 aromatic carbocycles. The van der Waals surface area contributed by atoms with Gasteiger partial charge in [0.1, 0.15) is 6.61 Å². The van der Waals surface area contributed by atoms with Crippen molar-refractivity contribution in [2.45, 2.75) is 111 Å². The van der Waals surface area contributed by atoms with Crippen LogP contribution in [0.2, 0.25) is 0 Å². The Balaban J connectivity index is 2.23. The number of nitrogens with one attached hydrogen (secondary N) is 1. The van der Waals surface area contributed by atoms with E-state index in [2.05, 4.69) is 48.7 Å². The fraction of sp³-hybridized carbons (Fsp3) is 0.686. The van der Waals surface area contributed by atoms with Crippen molar-refractivity contribution >= 4 is 29.7 Å². The molecule has 1 saturated heterocycles. The van der Waals surface area contributed by atoms with Gasteiger partial charge in [-0.1, -0.05) is 76.5 Å². The van der Waals surface area contributed by atoms with Gasteiger partial charge in [0, 0.05) is 64.8 Å². The number of piperazine rings is 1. The molecule has 0 aromatic rings. The van der Waals surface area contributed by atoms with E-state index in [0.29, 0.717) is 32.6 Å². The maximum atomic E-state index is 12.8. The van der Waals surface area contributed by atoms with E-state index in [1.807, 2.05) is 4.90 Å². The second kappa shape index (κ2) is 23.0. The van der Waals surface area contributed by atoms with Gasteiger partial charge in [-0.15, -0.1) is 0 Å². The lowest BCUT2D eigenvalue weighted by molar-refractivity contribution is -0.166. The van der Waals surface area contributed by atoms with Gasteiger partial charge in [0.25, 0.3) is 5.91 Å². The third-order valence-corrected chi connectivity index (χ3v) is 7.54. The van der Waals surface area contributed by atoms with Gasteiger partial charge in [0.15, 0.2) is 6.10 Å². The van der Waals surface area contributed by atoms with Crippen molar-refractivity contribution in [2.24, 2.45) is 5.41 Å². The number of amides is 3. The van der Waals surface area contributed by atoms with E-state index in [0.717, 1.165) is 44.9 Å². The lowest BCUT2D eigenvalue weighted by Gasteiger charge is -2.35. The van der Waals surface area contributed by atoms with Crippen LogP contribution < -0.4 is 5.32 Å². The molecule has 1 rings (SSSR count). The highest BCUT2D eigenvalue weighted by atomic mass is 16.6. The van der Waals surface area contributed by atoms with Crippen LogP contribution >= 0.6 is 0 Å². The first-order chi connectivity index (χ1) is 21.5.